The molecule has 1 aromatic rings. The van der Waals surface area contributed by atoms with Crippen LogP contribution in [0.1, 0.15) is 30.9 Å². The fraction of sp³-hybridized carbons (Fsp3) is 0.769. The average Bonchev–Trinajstić information content (AvgIpc) is 2.57. The van der Waals surface area contributed by atoms with Crippen molar-refractivity contribution in [3.05, 3.63) is 18.0 Å². The minimum absolute atomic E-state index is 0.628. The highest BCUT2D eigenvalue weighted by molar-refractivity contribution is 6.76. The Labute approximate surface area is 105 Å². The first-order valence-electron chi connectivity index (χ1n) is 6.66. The molecule has 0 aliphatic heterocycles. The predicted molar refractivity (Wildman–Crippen MR) is 72.9 cm³/mol. The van der Waals surface area contributed by atoms with Crippen molar-refractivity contribution in [2.24, 2.45) is 0 Å². The third-order valence-corrected chi connectivity index (χ3v) is 5.19. The molecule has 3 nitrogen and oxygen atoms in total. The van der Waals surface area contributed by atoms with Crippen molar-refractivity contribution in [3.63, 3.8) is 0 Å². The summed E-state index contributed by atoms with van der Waals surface area (Å²) >= 11 is 0. The highest BCUT2D eigenvalue weighted by Gasteiger charge is 2.22. The summed E-state index contributed by atoms with van der Waals surface area (Å²) in [6.45, 7) is 8.64. The summed E-state index contributed by atoms with van der Waals surface area (Å²) < 4.78 is 7.78. The second kappa shape index (κ2) is 5.36. The molecule has 1 fully saturated rings. The van der Waals surface area contributed by atoms with Crippen molar-refractivity contribution in [2.45, 2.75) is 57.6 Å². The summed E-state index contributed by atoms with van der Waals surface area (Å²) in [5, 5.41) is 4.36. The maximum atomic E-state index is 5.75. The Balaban J connectivity index is 1.77. The zero-order chi connectivity index (χ0) is 12.3. The number of aromatic nitrogens is 2. The van der Waals surface area contributed by atoms with Crippen LogP contribution in [0.5, 0.6) is 0 Å². The normalized spacial score (nSPS) is 17.1. The number of ether oxygens (including phenoxy) is 1. The minimum atomic E-state index is -0.965. The van der Waals surface area contributed by atoms with Gasteiger partial charge in [-0.15, -0.1) is 0 Å². The molecule has 0 saturated heterocycles. The smallest absolute Gasteiger partial charge is 0.139 e. The molecular formula is C13H24N2OSi. The van der Waals surface area contributed by atoms with Gasteiger partial charge in [0, 0.05) is 32.5 Å². The second-order valence-electron chi connectivity index (χ2n) is 6.23. The van der Waals surface area contributed by atoms with E-state index >= 15 is 0 Å². The van der Waals surface area contributed by atoms with E-state index in [0.29, 0.717) is 6.73 Å². The lowest BCUT2D eigenvalue weighted by atomic mass is 9.83. The topological polar surface area (TPSA) is 27.1 Å². The average molecular weight is 252 g/mol. The Kier molecular flexibility index (Phi) is 4.04. The summed E-state index contributed by atoms with van der Waals surface area (Å²) in [6, 6.07) is 3.37. The molecule has 17 heavy (non-hydrogen) atoms. The Morgan fingerprint density at radius 1 is 1.41 bits per heavy atom. The first-order valence-corrected chi connectivity index (χ1v) is 10.4. The maximum Gasteiger partial charge on any atom is 0.139 e. The van der Waals surface area contributed by atoms with Crippen molar-refractivity contribution in [3.8, 4) is 0 Å². The van der Waals surface area contributed by atoms with Crippen molar-refractivity contribution in [1.82, 2.24) is 9.78 Å². The summed E-state index contributed by atoms with van der Waals surface area (Å²) in [5.74, 6) is 0.734. The van der Waals surface area contributed by atoms with Crippen LogP contribution in [0.25, 0.3) is 0 Å². The Bertz CT molecular complexity index is 353. The second-order valence-corrected chi connectivity index (χ2v) is 11.9. The molecule has 0 bridgehead atoms. The first kappa shape index (κ1) is 12.8. The zero-order valence-corrected chi connectivity index (χ0v) is 12.3. The molecule has 1 saturated carbocycles. The first-order chi connectivity index (χ1) is 8.06. The zero-order valence-electron chi connectivity index (χ0n) is 11.3. The van der Waals surface area contributed by atoms with Crippen LogP contribution in [-0.4, -0.2) is 24.5 Å². The quantitative estimate of drug-likeness (QED) is 0.572. The number of nitrogens with zero attached hydrogens (tertiary/aromatic N) is 2. The molecule has 1 aliphatic rings. The molecule has 0 spiro atoms. The van der Waals surface area contributed by atoms with Gasteiger partial charge in [-0.3, -0.25) is 0 Å². The van der Waals surface area contributed by atoms with Gasteiger partial charge in [0.1, 0.15) is 6.73 Å². The van der Waals surface area contributed by atoms with Gasteiger partial charge in [-0.25, -0.2) is 4.68 Å². The van der Waals surface area contributed by atoms with Crippen LogP contribution in [0, 0.1) is 0 Å². The van der Waals surface area contributed by atoms with E-state index < -0.39 is 8.07 Å². The molecule has 1 aliphatic carbocycles. The SMILES string of the molecule is C[Si](C)(C)CCOCn1nccc1C1CCC1. The Hall–Kier alpha value is -0.613. The van der Waals surface area contributed by atoms with Crippen LogP contribution < -0.4 is 0 Å². The molecule has 2 rings (SSSR count). The van der Waals surface area contributed by atoms with Gasteiger partial charge in [0.15, 0.2) is 0 Å². The van der Waals surface area contributed by atoms with Gasteiger partial charge in [-0.05, 0) is 25.0 Å². The fourth-order valence-electron chi connectivity index (χ4n) is 2.03. The van der Waals surface area contributed by atoms with Crippen LogP contribution in [0.15, 0.2) is 12.3 Å². The van der Waals surface area contributed by atoms with E-state index in [9.17, 15) is 0 Å². The lowest BCUT2D eigenvalue weighted by molar-refractivity contribution is 0.0744. The Morgan fingerprint density at radius 3 is 2.76 bits per heavy atom. The largest absolute Gasteiger partial charge is 0.360 e. The van der Waals surface area contributed by atoms with Gasteiger partial charge < -0.3 is 4.74 Å². The monoisotopic (exact) mass is 252 g/mol. The van der Waals surface area contributed by atoms with Crippen LogP contribution in [0.4, 0.5) is 0 Å². The van der Waals surface area contributed by atoms with E-state index in [1.54, 1.807) is 0 Å². The van der Waals surface area contributed by atoms with Crippen molar-refractivity contribution < 1.29 is 4.74 Å². The van der Waals surface area contributed by atoms with Crippen molar-refractivity contribution in [1.29, 1.82) is 0 Å². The van der Waals surface area contributed by atoms with Gasteiger partial charge >= 0.3 is 0 Å². The molecule has 0 aromatic carbocycles. The number of rotatable bonds is 6. The lowest BCUT2D eigenvalue weighted by Crippen LogP contribution is -2.22. The third-order valence-electron chi connectivity index (χ3n) is 3.48. The van der Waals surface area contributed by atoms with E-state index in [1.165, 1.54) is 31.0 Å². The van der Waals surface area contributed by atoms with E-state index in [1.807, 2.05) is 10.9 Å². The number of hydrogen-bond acceptors (Lipinski definition) is 2. The van der Waals surface area contributed by atoms with E-state index in [2.05, 4.69) is 30.8 Å². The molecule has 0 atom stereocenters. The predicted octanol–water partition coefficient (Wildman–Crippen LogP) is 3.46. The van der Waals surface area contributed by atoms with Gasteiger partial charge in [0.25, 0.3) is 0 Å². The number of hydrogen-bond donors (Lipinski definition) is 0. The summed E-state index contributed by atoms with van der Waals surface area (Å²) in [5.41, 5.74) is 1.37. The molecule has 0 amide bonds. The van der Waals surface area contributed by atoms with Gasteiger partial charge in [0.05, 0.1) is 0 Å². The highest BCUT2D eigenvalue weighted by Crippen LogP contribution is 2.35. The Morgan fingerprint density at radius 2 is 2.18 bits per heavy atom. The van der Waals surface area contributed by atoms with Gasteiger partial charge in [-0.2, -0.15) is 5.10 Å². The molecule has 1 aromatic heterocycles. The molecule has 0 radical (unpaired) electrons. The summed E-state index contributed by atoms with van der Waals surface area (Å²) in [6.07, 6.45) is 5.91. The fourth-order valence-corrected chi connectivity index (χ4v) is 2.79. The highest BCUT2D eigenvalue weighted by atomic mass is 28.3. The van der Waals surface area contributed by atoms with Crippen LogP contribution >= 0.6 is 0 Å². The minimum Gasteiger partial charge on any atom is -0.360 e. The van der Waals surface area contributed by atoms with Crippen LogP contribution in [0.3, 0.4) is 0 Å². The maximum absolute atomic E-state index is 5.75. The van der Waals surface area contributed by atoms with E-state index in [4.69, 9.17) is 4.74 Å². The van der Waals surface area contributed by atoms with Crippen LogP contribution in [0.2, 0.25) is 25.7 Å². The molecule has 0 N–H and O–H groups in total. The lowest BCUT2D eigenvalue weighted by Gasteiger charge is -2.26. The summed E-state index contributed by atoms with van der Waals surface area (Å²) in [4.78, 5) is 0. The molecule has 1 heterocycles. The molecule has 0 unspecified atom stereocenters. The van der Waals surface area contributed by atoms with Gasteiger partial charge in [0.2, 0.25) is 0 Å². The molecule has 4 heteroatoms. The standard InChI is InChI=1S/C13H24N2OSi/c1-17(2,3)10-9-16-11-15-13(7-8-14-15)12-5-4-6-12/h7-8,12H,4-6,9-11H2,1-3H3. The third kappa shape index (κ3) is 3.68. The van der Waals surface area contributed by atoms with Crippen molar-refractivity contribution in [2.75, 3.05) is 6.61 Å². The van der Waals surface area contributed by atoms with Gasteiger partial charge in [-0.1, -0.05) is 26.1 Å². The van der Waals surface area contributed by atoms with Crippen LogP contribution in [-0.2, 0) is 11.5 Å². The van der Waals surface area contributed by atoms with E-state index in [-0.39, 0.29) is 0 Å². The molecule has 96 valence electrons. The van der Waals surface area contributed by atoms with E-state index in [0.717, 1.165) is 12.5 Å². The molecular weight excluding hydrogens is 228 g/mol. The van der Waals surface area contributed by atoms with Crippen molar-refractivity contribution >= 4 is 8.07 Å². The summed E-state index contributed by atoms with van der Waals surface area (Å²) in [7, 11) is -0.965.